The van der Waals surface area contributed by atoms with Crippen LogP contribution in [0.3, 0.4) is 0 Å². The number of hydrogen-bond donors (Lipinski definition) is 2. The first-order valence-corrected chi connectivity index (χ1v) is 9.49. The summed E-state index contributed by atoms with van der Waals surface area (Å²) in [5.41, 5.74) is 0. The number of guanidine groups is 1. The van der Waals surface area contributed by atoms with Crippen LogP contribution in [0.25, 0.3) is 0 Å². The molecule has 1 amide bonds. The molecule has 0 fully saturated rings. The third-order valence-electron chi connectivity index (χ3n) is 3.57. The van der Waals surface area contributed by atoms with E-state index < -0.39 is 0 Å². The molecular weight excluding hydrogens is 367 g/mol. The summed E-state index contributed by atoms with van der Waals surface area (Å²) in [5, 5.41) is 8.38. The molecule has 0 aliphatic carbocycles. The highest BCUT2D eigenvalue weighted by molar-refractivity contribution is 7.09. The molecule has 0 radical (unpaired) electrons. The molecule has 2 N–H and O–H groups in total. The van der Waals surface area contributed by atoms with Gasteiger partial charge in [-0.2, -0.15) is 0 Å². The number of aliphatic imine (C=N–C) groups is 1. The Balaban J connectivity index is 1.91. The second-order valence-electron chi connectivity index (χ2n) is 6.15. The molecular formula is C19H25FN4O2S. The van der Waals surface area contributed by atoms with Crippen molar-refractivity contribution in [2.24, 2.45) is 4.99 Å². The quantitative estimate of drug-likeness (QED) is 0.535. The molecule has 2 rings (SSSR count). The van der Waals surface area contributed by atoms with Gasteiger partial charge in [0, 0.05) is 25.0 Å². The zero-order valence-corrected chi connectivity index (χ0v) is 16.6. The maximum Gasteiger partial charge on any atom is 0.243 e. The van der Waals surface area contributed by atoms with Gasteiger partial charge in [0.25, 0.3) is 0 Å². The van der Waals surface area contributed by atoms with Crippen LogP contribution < -0.4 is 15.4 Å². The van der Waals surface area contributed by atoms with Gasteiger partial charge in [0.1, 0.15) is 24.2 Å². The van der Waals surface area contributed by atoms with Crippen LogP contribution >= 0.6 is 11.3 Å². The number of ether oxygens (including phenoxy) is 1. The Morgan fingerprint density at radius 1 is 1.30 bits per heavy atom. The topological polar surface area (TPSA) is 66.0 Å². The van der Waals surface area contributed by atoms with Crippen LogP contribution in [0.15, 0.2) is 46.8 Å². The molecule has 0 bridgehead atoms. The molecule has 0 aliphatic heterocycles. The van der Waals surface area contributed by atoms with Crippen LogP contribution in [0.2, 0.25) is 0 Å². The number of carbonyl (C=O) groups excluding carboxylic acids is 1. The molecule has 1 atom stereocenters. The number of nitrogens with one attached hydrogen (secondary N) is 2. The van der Waals surface area contributed by atoms with Crippen molar-refractivity contribution in [1.29, 1.82) is 0 Å². The zero-order valence-electron chi connectivity index (χ0n) is 15.7. The van der Waals surface area contributed by atoms with E-state index in [1.54, 1.807) is 37.6 Å². The van der Waals surface area contributed by atoms with Crippen molar-refractivity contribution in [3.63, 3.8) is 0 Å². The van der Waals surface area contributed by atoms with Gasteiger partial charge < -0.3 is 20.3 Å². The summed E-state index contributed by atoms with van der Waals surface area (Å²) in [5.74, 6) is 0.566. The first kappa shape index (κ1) is 20.7. The highest BCUT2D eigenvalue weighted by Gasteiger charge is 2.09. The lowest BCUT2D eigenvalue weighted by Crippen LogP contribution is -2.42. The molecule has 2 aromatic rings. The first-order chi connectivity index (χ1) is 12.9. The Bertz CT molecular complexity index is 750. The minimum atomic E-state index is -0.338. The summed E-state index contributed by atoms with van der Waals surface area (Å²) in [6.45, 7) is 2.98. The maximum absolute atomic E-state index is 13.2. The van der Waals surface area contributed by atoms with Gasteiger partial charge in [-0.15, -0.1) is 11.3 Å². The van der Waals surface area contributed by atoms with Crippen LogP contribution in [0.5, 0.6) is 5.75 Å². The number of halogens is 1. The highest BCUT2D eigenvalue weighted by atomic mass is 32.1. The number of hydrogen-bond acceptors (Lipinski definition) is 4. The van der Waals surface area contributed by atoms with Gasteiger partial charge in [-0.05, 0) is 30.5 Å². The summed E-state index contributed by atoms with van der Waals surface area (Å²) in [7, 11) is 3.39. The maximum atomic E-state index is 13.2. The van der Waals surface area contributed by atoms with E-state index in [0.29, 0.717) is 24.8 Å². The molecule has 1 aromatic carbocycles. The van der Waals surface area contributed by atoms with E-state index in [9.17, 15) is 9.18 Å². The average molecular weight is 393 g/mol. The SMILES string of the molecule is CC(CNC(=NCC(=O)N(C)C)NCc1cccs1)Oc1cccc(F)c1. The van der Waals surface area contributed by atoms with Crippen LogP contribution in [0, 0.1) is 5.82 Å². The number of benzene rings is 1. The largest absolute Gasteiger partial charge is 0.489 e. The molecule has 0 spiro atoms. The van der Waals surface area contributed by atoms with E-state index >= 15 is 0 Å². The molecule has 0 saturated carbocycles. The predicted molar refractivity (Wildman–Crippen MR) is 107 cm³/mol. The van der Waals surface area contributed by atoms with E-state index in [1.807, 2.05) is 24.4 Å². The Labute approximate surface area is 163 Å². The van der Waals surface area contributed by atoms with Crippen molar-refractivity contribution in [1.82, 2.24) is 15.5 Å². The normalized spacial score (nSPS) is 12.4. The minimum absolute atomic E-state index is 0.0475. The third-order valence-corrected chi connectivity index (χ3v) is 4.45. The monoisotopic (exact) mass is 392 g/mol. The zero-order chi connectivity index (χ0) is 19.6. The summed E-state index contributed by atoms with van der Waals surface area (Å²) >= 11 is 1.64. The number of nitrogens with zero attached hydrogens (tertiary/aromatic N) is 2. The lowest BCUT2D eigenvalue weighted by molar-refractivity contribution is -0.127. The van der Waals surface area contributed by atoms with Gasteiger partial charge in [-0.25, -0.2) is 9.38 Å². The van der Waals surface area contributed by atoms with Crippen molar-refractivity contribution in [2.45, 2.75) is 19.6 Å². The Hall–Kier alpha value is -2.61. The van der Waals surface area contributed by atoms with E-state index in [-0.39, 0.29) is 24.4 Å². The molecule has 8 heteroatoms. The molecule has 6 nitrogen and oxygen atoms in total. The second kappa shape index (κ2) is 10.5. The van der Waals surface area contributed by atoms with Crippen LogP contribution in [-0.2, 0) is 11.3 Å². The first-order valence-electron chi connectivity index (χ1n) is 8.61. The second-order valence-corrected chi connectivity index (χ2v) is 7.18. The summed E-state index contributed by atoms with van der Waals surface area (Å²) in [6, 6.07) is 10.0. The lowest BCUT2D eigenvalue weighted by atomic mass is 10.3. The Kier molecular flexibility index (Phi) is 8.06. The van der Waals surface area contributed by atoms with Crippen LogP contribution in [-0.4, -0.2) is 50.1 Å². The third kappa shape index (κ3) is 7.65. The number of amides is 1. The Morgan fingerprint density at radius 3 is 2.78 bits per heavy atom. The van der Waals surface area contributed by atoms with Crippen molar-refractivity contribution < 1.29 is 13.9 Å². The summed E-state index contributed by atoms with van der Waals surface area (Å²) in [6.07, 6.45) is -0.218. The summed E-state index contributed by atoms with van der Waals surface area (Å²) < 4.78 is 18.9. The number of rotatable bonds is 8. The molecule has 1 heterocycles. The minimum Gasteiger partial charge on any atom is -0.489 e. The smallest absolute Gasteiger partial charge is 0.243 e. The fourth-order valence-electron chi connectivity index (χ4n) is 2.10. The van der Waals surface area contributed by atoms with Gasteiger partial charge >= 0.3 is 0 Å². The molecule has 1 aromatic heterocycles. The molecule has 146 valence electrons. The summed E-state index contributed by atoms with van der Waals surface area (Å²) in [4.78, 5) is 18.8. The van der Waals surface area contributed by atoms with Gasteiger partial charge in [-0.3, -0.25) is 4.79 Å². The number of likely N-dealkylation sites (N-methyl/N-ethyl adjacent to an activating group) is 1. The van der Waals surface area contributed by atoms with Crippen LogP contribution in [0.4, 0.5) is 4.39 Å². The predicted octanol–water partition coefficient (Wildman–Crippen LogP) is 2.48. The fraction of sp³-hybridized carbons (Fsp3) is 0.368. The lowest BCUT2D eigenvalue weighted by Gasteiger charge is -2.18. The van der Waals surface area contributed by atoms with Crippen molar-refractivity contribution in [3.8, 4) is 5.75 Å². The van der Waals surface area contributed by atoms with Crippen molar-refractivity contribution in [2.75, 3.05) is 27.2 Å². The average Bonchev–Trinajstić information content (AvgIpc) is 3.14. The Morgan fingerprint density at radius 2 is 2.11 bits per heavy atom. The molecule has 27 heavy (non-hydrogen) atoms. The van der Waals surface area contributed by atoms with E-state index in [4.69, 9.17) is 4.74 Å². The standard InChI is InChI=1S/C19H25FN4O2S/c1-14(26-16-7-4-6-15(20)10-16)11-21-19(23-13-18(25)24(2)3)22-12-17-8-5-9-27-17/h4-10,14H,11-13H2,1-3H3,(H2,21,22,23). The van der Waals surface area contributed by atoms with Gasteiger partial charge in [0.05, 0.1) is 13.1 Å². The van der Waals surface area contributed by atoms with Gasteiger partial charge in [0.2, 0.25) is 5.91 Å². The van der Waals surface area contributed by atoms with Gasteiger partial charge in [0.15, 0.2) is 5.96 Å². The highest BCUT2D eigenvalue weighted by Crippen LogP contribution is 2.13. The van der Waals surface area contributed by atoms with E-state index in [0.717, 1.165) is 4.88 Å². The van der Waals surface area contributed by atoms with Gasteiger partial charge in [-0.1, -0.05) is 12.1 Å². The molecule has 0 aliphatic rings. The number of thiophene rings is 1. The number of carbonyl (C=O) groups is 1. The van der Waals surface area contributed by atoms with E-state index in [1.165, 1.54) is 17.0 Å². The molecule has 0 saturated heterocycles. The van der Waals surface area contributed by atoms with Crippen molar-refractivity contribution >= 4 is 23.2 Å². The van der Waals surface area contributed by atoms with E-state index in [2.05, 4.69) is 15.6 Å². The molecule has 1 unspecified atom stereocenters. The fourth-order valence-corrected chi connectivity index (χ4v) is 2.75. The van der Waals surface area contributed by atoms with Crippen molar-refractivity contribution in [3.05, 3.63) is 52.5 Å². The van der Waals surface area contributed by atoms with Crippen LogP contribution in [0.1, 0.15) is 11.8 Å².